The molecule has 18 heavy (non-hydrogen) atoms. The number of nitrogens with zero attached hydrogens (tertiary/aromatic N) is 1. The fourth-order valence-corrected chi connectivity index (χ4v) is 1.89. The summed E-state index contributed by atoms with van der Waals surface area (Å²) in [4.78, 5) is 2.04. The smallest absolute Gasteiger partial charge is 0.127 e. The van der Waals surface area contributed by atoms with E-state index in [1.54, 1.807) is 6.07 Å². The van der Waals surface area contributed by atoms with Gasteiger partial charge in [-0.15, -0.1) is 0 Å². The SMILES string of the molecule is CCN(Cc1cc(Cl)ccc1F)CC(C)C(=N)N. The van der Waals surface area contributed by atoms with Crippen LogP contribution in [0.5, 0.6) is 0 Å². The topological polar surface area (TPSA) is 53.1 Å². The number of hydrogen-bond acceptors (Lipinski definition) is 2. The Morgan fingerprint density at radius 2 is 2.22 bits per heavy atom. The molecule has 0 spiro atoms. The highest BCUT2D eigenvalue weighted by molar-refractivity contribution is 6.30. The molecular formula is C13H19ClFN3. The summed E-state index contributed by atoms with van der Waals surface area (Å²) in [5, 5.41) is 7.91. The van der Waals surface area contributed by atoms with E-state index in [2.05, 4.69) is 0 Å². The lowest BCUT2D eigenvalue weighted by molar-refractivity contribution is 0.259. The zero-order valence-electron chi connectivity index (χ0n) is 10.7. The number of benzene rings is 1. The summed E-state index contributed by atoms with van der Waals surface area (Å²) in [6.07, 6.45) is 0. The molecule has 5 heteroatoms. The molecule has 0 radical (unpaired) electrons. The molecule has 3 N–H and O–H groups in total. The van der Waals surface area contributed by atoms with Crippen LogP contribution in [0.15, 0.2) is 18.2 Å². The standard InChI is InChI=1S/C13H19ClFN3/c1-3-18(7-9(2)13(16)17)8-10-6-11(14)4-5-12(10)15/h4-6,9H,3,7-8H2,1-2H3,(H3,16,17). The second-order valence-electron chi connectivity index (χ2n) is 4.42. The summed E-state index contributed by atoms with van der Waals surface area (Å²) < 4.78 is 13.6. The minimum Gasteiger partial charge on any atom is -0.387 e. The molecule has 1 aromatic carbocycles. The van der Waals surface area contributed by atoms with Crippen LogP contribution in [-0.2, 0) is 6.54 Å². The van der Waals surface area contributed by atoms with Gasteiger partial charge in [-0.3, -0.25) is 10.3 Å². The third-order valence-corrected chi connectivity index (χ3v) is 3.15. The van der Waals surface area contributed by atoms with Crippen molar-refractivity contribution >= 4 is 17.4 Å². The molecule has 0 bridgehead atoms. The Labute approximate surface area is 112 Å². The van der Waals surface area contributed by atoms with Gasteiger partial charge in [0.05, 0.1) is 5.84 Å². The maximum atomic E-state index is 13.6. The Morgan fingerprint density at radius 1 is 1.56 bits per heavy atom. The molecule has 100 valence electrons. The van der Waals surface area contributed by atoms with Gasteiger partial charge in [-0.2, -0.15) is 0 Å². The molecule has 0 aliphatic carbocycles. The predicted octanol–water partition coefficient (Wildman–Crippen LogP) is 2.87. The summed E-state index contributed by atoms with van der Waals surface area (Å²) in [7, 11) is 0. The molecule has 0 saturated carbocycles. The molecule has 1 unspecified atom stereocenters. The highest BCUT2D eigenvalue weighted by Gasteiger charge is 2.13. The molecule has 0 saturated heterocycles. The van der Waals surface area contributed by atoms with Gasteiger partial charge in [-0.1, -0.05) is 25.4 Å². The molecule has 0 aliphatic heterocycles. The second kappa shape index (κ2) is 6.71. The average molecular weight is 272 g/mol. The number of nitrogens with two attached hydrogens (primary N) is 1. The lowest BCUT2D eigenvalue weighted by Crippen LogP contribution is -2.34. The fourth-order valence-electron chi connectivity index (χ4n) is 1.70. The van der Waals surface area contributed by atoms with E-state index >= 15 is 0 Å². The van der Waals surface area contributed by atoms with Crippen LogP contribution in [0.4, 0.5) is 4.39 Å². The Balaban J connectivity index is 2.73. The average Bonchev–Trinajstić information content (AvgIpc) is 2.32. The van der Waals surface area contributed by atoms with E-state index in [1.807, 2.05) is 18.7 Å². The van der Waals surface area contributed by atoms with Crippen molar-refractivity contribution < 1.29 is 4.39 Å². The number of rotatable bonds is 6. The van der Waals surface area contributed by atoms with E-state index in [-0.39, 0.29) is 17.6 Å². The maximum Gasteiger partial charge on any atom is 0.127 e. The van der Waals surface area contributed by atoms with Crippen molar-refractivity contribution in [3.05, 3.63) is 34.6 Å². The van der Waals surface area contributed by atoms with Crippen molar-refractivity contribution in [2.45, 2.75) is 20.4 Å². The van der Waals surface area contributed by atoms with Gasteiger partial charge < -0.3 is 5.73 Å². The van der Waals surface area contributed by atoms with Crippen LogP contribution in [0.3, 0.4) is 0 Å². The first kappa shape index (κ1) is 14.9. The first-order chi connectivity index (χ1) is 8.43. The lowest BCUT2D eigenvalue weighted by atomic mass is 10.1. The van der Waals surface area contributed by atoms with Crippen molar-refractivity contribution in [1.29, 1.82) is 5.41 Å². The lowest BCUT2D eigenvalue weighted by Gasteiger charge is -2.24. The van der Waals surface area contributed by atoms with Crippen LogP contribution in [0.1, 0.15) is 19.4 Å². The van der Waals surface area contributed by atoms with Crippen LogP contribution in [0.25, 0.3) is 0 Å². The van der Waals surface area contributed by atoms with Gasteiger partial charge in [0.15, 0.2) is 0 Å². The van der Waals surface area contributed by atoms with Crippen LogP contribution >= 0.6 is 11.6 Å². The van der Waals surface area contributed by atoms with E-state index in [4.69, 9.17) is 22.7 Å². The van der Waals surface area contributed by atoms with Gasteiger partial charge in [-0.25, -0.2) is 4.39 Å². The zero-order chi connectivity index (χ0) is 13.7. The van der Waals surface area contributed by atoms with Gasteiger partial charge in [0, 0.05) is 29.6 Å². The largest absolute Gasteiger partial charge is 0.387 e. The van der Waals surface area contributed by atoms with Crippen molar-refractivity contribution in [2.24, 2.45) is 11.7 Å². The quantitative estimate of drug-likeness (QED) is 0.617. The number of halogens is 2. The third kappa shape index (κ3) is 4.27. The monoisotopic (exact) mass is 271 g/mol. The predicted molar refractivity (Wildman–Crippen MR) is 73.4 cm³/mol. The van der Waals surface area contributed by atoms with E-state index < -0.39 is 0 Å². The van der Waals surface area contributed by atoms with Crippen LogP contribution in [0, 0.1) is 17.1 Å². The fraction of sp³-hybridized carbons (Fsp3) is 0.462. The van der Waals surface area contributed by atoms with E-state index in [1.165, 1.54) is 12.1 Å². The second-order valence-corrected chi connectivity index (χ2v) is 4.86. The van der Waals surface area contributed by atoms with Gasteiger partial charge in [0.1, 0.15) is 5.82 Å². The minimum absolute atomic E-state index is 0.0350. The summed E-state index contributed by atoms with van der Waals surface area (Å²) in [5.41, 5.74) is 6.02. The van der Waals surface area contributed by atoms with Gasteiger partial charge in [0.25, 0.3) is 0 Å². The Morgan fingerprint density at radius 3 is 2.78 bits per heavy atom. The molecule has 3 nitrogen and oxygen atoms in total. The number of nitrogens with one attached hydrogen (secondary N) is 1. The molecule has 0 heterocycles. The normalized spacial score (nSPS) is 12.7. The third-order valence-electron chi connectivity index (χ3n) is 2.91. The van der Waals surface area contributed by atoms with Crippen molar-refractivity contribution in [3.8, 4) is 0 Å². The summed E-state index contributed by atoms with van der Waals surface area (Å²) in [6, 6.07) is 4.55. The van der Waals surface area contributed by atoms with Crippen LogP contribution in [-0.4, -0.2) is 23.8 Å². The number of amidine groups is 1. The van der Waals surface area contributed by atoms with Crippen LogP contribution < -0.4 is 5.73 Å². The Bertz CT molecular complexity index is 423. The van der Waals surface area contributed by atoms with E-state index in [0.717, 1.165) is 6.54 Å². The van der Waals surface area contributed by atoms with Crippen molar-refractivity contribution in [3.63, 3.8) is 0 Å². The van der Waals surface area contributed by atoms with Crippen LogP contribution in [0.2, 0.25) is 5.02 Å². The summed E-state index contributed by atoms with van der Waals surface area (Å²) in [5.74, 6) is -0.138. The molecule has 0 aromatic heterocycles. The maximum absolute atomic E-state index is 13.6. The number of hydrogen-bond donors (Lipinski definition) is 2. The first-order valence-corrected chi connectivity index (χ1v) is 6.32. The van der Waals surface area contributed by atoms with E-state index in [9.17, 15) is 4.39 Å². The summed E-state index contributed by atoms with van der Waals surface area (Å²) in [6.45, 7) is 5.76. The highest BCUT2D eigenvalue weighted by atomic mass is 35.5. The Kier molecular flexibility index (Phi) is 5.56. The molecule has 1 atom stereocenters. The molecule has 0 aliphatic rings. The van der Waals surface area contributed by atoms with E-state index in [0.29, 0.717) is 23.7 Å². The Hall–Kier alpha value is -1.13. The molecule has 1 aromatic rings. The summed E-state index contributed by atoms with van der Waals surface area (Å²) >= 11 is 5.86. The first-order valence-electron chi connectivity index (χ1n) is 5.94. The molecule has 1 rings (SSSR count). The zero-order valence-corrected chi connectivity index (χ0v) is 11.5. The minimum atomic E-state index is -0.256. The molecule has 0 fully saturated rings. The molecule has 0 amide bonds. The van der Waals surface area contributed by atoms with Crippen molar-refractivity contribution in [1.82, 2.24) is 4.90 Å². The van der Waals surface area contributed by atoms with Gasteiger partial charge >= 0.3 is 0 Å². The molecular weight excluding hydrogens is 253 g/mol. The van der Waals surface area contributed by atoms with Crippen molar-refractivity contribution in [2.75, 3.05) is 13.1 Å². The van der Waals surface area contributed by atoms with Gasteiger partial charge in [-0.05, 0) is 24.7 Å². The van der Waals surface area contributed by atoms with Gasteiger partial charge in [0.2, 0.25) is 0 Å². The highest BCUT2D eigenvalue weighted by Crippen LogP contribution is 2.17.